The van der Waals surface area contributed by atoms with Crippen LogP contribution in [0.25, 0.3) is 0 Å². The average Bonchev–Trinajstić information content (AvgIpc) is 3.20. The summed E-state index contributed by atoms with van der Waals surface area (Å²) in [5.74, 6) is 0.957. The lowest BCUT2D eigenvalue weighted by Crippen LogP contribution is -2.21. The van der Waals surface area contributed by atoms with Gasteiger partial charge in [0.25, 0.3) is 0 Å². The first-order valence-electron chi connectivity index (χ1n) is 6.82. The quantitative estimate of drug-likeness (QED) is 0.810. The van der Waals surface area contributed by atoms with E-state index in [1.165, 1.54) is 18.4 Å². The van der Waals surface area contributed by atoms with Crippen molar-refractivity contribution in [2.75, 3.05) is 11.9 Å². The lowest BCUT2D eigenvalue weighted by molar-refractivity contribution is -0.115. The minimum absolute atomic E-state index is 0.0580. The molecule has 0 heterocycles. The first kappa shape index (κ1) is 13.1. The Kier molecular flexibility index (Phi) is 4.37. The number of nitrogens with one attached hydrogen (secondary N) is 2. The average molecular weight is 246 g/mol. The molecule has 0 radical (unpaired) electrons. The minimum atomic E-state index is 0.0580. The monoisotopic (exact) mass is 246 g/mol. The van der Waals surface area contributed by atoms with Crippen molar-refractivity contribution in [3.63, 3.8) is 0 Å². The number of hydrogen-bond donors (Lipinski definition) is 2. The summed E-state index contributed by atoms with van der Waals surface area (Å²) in [6, 6.07) is 8.48. The number of anilines is 1. The van der Waals surface area contributed by atoms with Crippen LogP contribution in [0, 0.1) is 5.92 Å². The van der Waals surface area contributed by atoms with Gasteiger partial charge in [-0.3, -0.25) is 4.79 Å². The number of carbonyl (C=O) groups is 1. The van der Waals surface area contributed by atoms with Crippen molar-refractivity contribution >= 4 is 11.6 Å². The lowest BCUT2D eigenvalue weighted by Gasteiger charge is -2.14. The van der Waals surface area contributed by atoms with Crippen LogP contribution in [-0.2, 0) is 4.79 Å². The Bertz CT molecular complexity index is 395. The fraction of sp³-hybridized carbons (Fsp3) is 0.533. The third kappa shape index (κ3) is 3.84. The van der Waals surface area contributed by atoms with Gasteiger partial charge in [-0.25, -0.2) is 0 Å². The van der Waals surface area contributed by atoms with Gasteiger partial charge in [0.15, 0.2) is 0 Å². The molecule has 3 heteroatoms. The summed E-state index contributed by atoms with van der Waals surface area (Å²) in [6.07, 6.45) is 3.27. The van der Waals surface area contributed by atoms with E-state index in [-0.39, 0.29) is 5.91 Å². The largest absolute Gasteiger partial charge is 0.326 e. The number of carbonyl (C=O) groups excluding carboxylic acids is 1. The van der Waals surface area contributed by atoms with Crippen LogP contribution in [0.4, 0.5) is 5.69 Å². The molecule has 0 spiro atoms. The van der Waals surface area contributed by atoms with Crippen LogP contribution in [0.15, 0.2) is 24.3 Å². The van der Waals surface area contributed by atoms with E-state index in [2.05, 4.69) is 29.7 Å². The normalized spacial score (nSPS) is 16.3. The SMILES string of the molecule is CCC(=O)Nc1ccc([C@@H](C)NCC2CC2)cc1. The molecule has 2 rings (SSSR count). The molecular formula is C15H22N2O. The van der Waals surface area contributed by atoms with Crippen molar-refractivity contribution < 1.29 is 4.79 Å². The van der Waals surface area contributed by atoms with Crippen molar-refractivity contribution in [1.29, 1.82) is 0 Å². The van der Waals surface area contributed by atoms with Gasteiger partial charge in [0, 0.05) is 18.2 Å². The highest BCUT2D eigenvalue weighted by Gasteiger charge is 2.21. The molecule has 2 N–H and O–H groups in total. The number of rotatable bonds is 6. The summed E-state index contributed by atoms with van der Waals surface area (Å²) in [6.45, 7) is 5.16. The highest BCUT2D eigenvalue weighted by atomic mass is 16.1. The van der Waals surface area contributed by atoms with Crippen LogP contribution in [0.3, 0.4) is 0 Å². The Hall–Kier alpha value is -1.35. The Morgan fingerprint density at radius 1 is 1.33 bits per heavy atom. The van der Waals surface area contributed by atoms with E-state index in [4.69, 9.17) is 0 Å². The molecule has 98 valence electrons. The number of benzene rings is 1. The maximum Gasteiger partial charge on any atom is 0.224 e. The van der Waals surface area contributed by atoms with Crippen molar-refractivity contribution in [2.24, 2.45) is 5.92 Å². The highest BCUT2D eigenvalue weighted by Crippen LogP contribution is 2.28. The summed E-state index contributed by atoms with van der Waals surface area (Å²) in [7, 11) is 0. The predicted molar refractivity (Wildman–Crippen MR) is 74.5 cm³/mol. The van der Waals surface area contributed by atoms with E-state index < -0.39 is 0 Å². The van der Waals surface area contributed by atoms with E-state index >= 15 is 0 Å². The van der Waals surface area contributed by atoms with Gasteiger partial charge in [0.2, 0.25) is 5.91 Å². The molecule has 0 saturated heterocycles. The fourth-order valence-electron chi connectivity index (χ4n) is 1.89. The third-order valence-corrected chi connectivity index (χ3v) is 3.43. The lowest BCUT2D eigenvalue weighted by atomic mass is 10.1. The highest BCUT2D eigenvalue weighted by molar-refractivity contribution is 5.90. The van der Waals surface area contributed by atoms with Gasteiger partial charge in [-0.1, -0.05) is 19.1 Å². The van der Waals surface area contributed by atoms with E-state index in [9.17, 15) is 4.79 Å². The molecule has 0 aromatic heterocycles. The molecule has 1 aliphatic rings. The summed E-state index contributed by atoms with van der Waals surface area (Å²) >= 11 is 0. The molecule has 1 fully saturated rings. The van der Waals surface area contributed by atoms with Gasteiger partial charge < -0.3 is 10.6 Å². The zero-order valence-electron chi connectivity index (χ0n) is 11.2. The van der Waals surface area contributed by atoms with Crippen LogP contribution in [0.2, 0.25) is 0 Å². The molecule has 1 aromatic carbocycles. The van der Waals surface area contributed by atoms with E-state index in [0.29, 0.717) is 12.5 Å². The molecule has 1 atom stereocenters. The van der Waals surface area contributed by atoms with Gasteiger partial charge in [0.05, 0.1) is 0 Å². The number of hydrogen-bond acceptors (Lipinski definition) is 2. The minimum Gasteiger partial charge on any atom is -0.326 e. The van der Waals surface area contributed by atoms with E-state index in [0.717, 1.165) is 18.2 Å². The number of amides is 1. The first-order valence-corrected chi connectivity index (χ1v) is 6.82. The standard InChI is InChI=1S/C15H22N2O/c1-3-15(18)17-14-8-6-13(7-9-14)11(2)16-10-12-4-5-12/h6-9,11-12,16H,3-5,10H2,1-2H3,(H,17,18)/t11-/m1/s1. The molecule has 3 nitrogen and oxygen atoms in total. The Morgan fingerprint density at radius 3 is 2.56 bits per heavy atom. The molecule has 1 saturated carbocycles. The Labute approximate surface area is 109 Å². The molecule has 0 bridgehead atoms. The molecule has 0 unspecified atom stereocenters. The Balaban J connectivity index is 1.87. The van der Waals surface area contributed by atoms with Crippen molar-refractivity contribution in [3.05, 3.63) is 29.8 Å². The molecular weight excluding hydrogens is 224 g/mol. The van der Waals surface area contributed by atoms with Crippen LogP contribution in [-0.4, -0.2) is 12.5 Å². The second-order valence-corrected chi connectivity index (χ2v) is 5.10. The molecule has 1 aromatic rings. The van der Waals surface area contributed by atoms with Crippen LogP contribution in [0.1, 0.15) is 44.7 Å². The van der Waals surface area contributed by atoms with Crippen LogP contribution < -0.4 is 10.6 Å². The van der Waals surface area contributed by atoms with Gasteiger partial charge in [-0.2, -0.15) is 0 Å². The summed E-state index contributed by atoms with van der Waals surface area (Å²) in [5.41, 5.74) is 2.14. The van der Waals surface area contributed by atoms with Gasteiger partial charge in [0.1, 0.15) is 0 Å². The molecule has 0 aliphatic heterocycles. The smallest absolute Gasteiger partial charge is 0.224 e. The first-order chi connectivity index (χ1) is 8.69. The summed E-state index contributed by atoms with van der Waals surface area (Å²) < 4.78 is 0. The molecule has 1 amide bonds. The Morgan fingerprint density at radius 2 is 2.00 bits per heavy atom. The fourth-order valence-corrected chi connectivity index (χ4v) is 1.89. The third-order valence-electron chi connectivity index (χ3n) is 3.43. The van der Waals surface area contributed by atoms with Gasteiger partial charge in [-0.15, -0.1) is 0 Å². The van der Waals surface area contributed by atoms with Crippen molar-refractivity contribution in [2.45, 2.75) is 39.2 Å². The van der Waals surface area contributed by atoms with Crippen LogP contribution >= 0.6 is 0 Å². The van der Waals surface area contributed by atoms with E-state index in [1.807, 2.05) is 19.1 Å². The second-order valence-electron chi connectivity index (χ2n) is 5.10. The summed E-state index contributed by atoms with van der Waals surface area (Å²) in [5, 5.41) is 6.40. The second kappa shape index (κ2) is 6.01. The van der Waals surface area contributed by atoms with Crippen LogP contribution in [0.5, 0.6) is 0 Å². The molecule has 18 heavy (non-hydrogen) atoms. The predicted octanol–water partition coefficient (Wildman–Crippen LogP) is 3.10. The summed E-state index contributed by atoms with van der Waals surface area (Å²) in [4.78, 5) is 11.3. The van der Waals surface area contributed by atoms with Crippen molar-refractivity contribution in [3.8, 4) is 0 Å². The van der Waals surface area contributed by atoms with Crippen molar-refractivity contribution in [1.82, 2.24) is 5.32 Å². The molecule has 1 aliphatic carbocycles. The maximum atomic E-state index is 11.3. The van der Waals surface area contributed by atoms with Gasteiger partial charge >= 0.3 is 0 Å². The van der Waals surface area contributed by atoms with E-state index in [1.54, 1.807) is 0 Å². The maximum absolute atomic E-state index is 11.3. The zero-order valence-corrected chi connectivity index (χ0v) is 11.2. The topological polar surface area (TPSA) is 41.1 Å². The van der Waals surface area contributed by atoms with Gasteiger partial charge in [-0.05, 0) is 49.9 Å². The zero-order chi connectivity index (χ0) is 13.0.